The predicted molar refractivity (Wildman–Crippen MR) is 98.4 cm³/mol. The molecule has 1 aliphatic rings. The van der Waals surface area contributed by atoms with Crippen LogP contribution < -0.4 is 9.64 Å². The van der Waals surface area contributed by atoms with E-state index in [0.717, 1.165) is 32.7 Å². The van der Waals surface area contributed by atoms with Gasteiger partial charge >= 0.3 is 0 Å². The van der Waals surface area contributed by atoms with Crippen molar-refractivity contribution in [2.45, 2.75) is 6.92 Å². The maximum Gasteiger partial charge on any atom is 0.273 e. The Kier molecular flexibility index (Phi) is 5.50. The minimum Gasteiger partial charge on any atom is -0.492 e. The third-order valence-electron chi connectivity index (χ3n) is 4.44. The van der Waals surface area contributed by atoms with Crippen LogP contribution in [-0.2, 0) is 0 Å². The van der Waals surface area contributed by atoms with E-state index in [1.807, 2.05) is 0 Å². The quantitative estimate of drug-likeness (QED) is 0.597. The zero-order valence-corrected chi connectivity index (χ0v) is 14.4. The van der Waals surface area contributed by atoms with Gasteiger partial charge in [0.15, 0.2) is 0 Å². The molecule has 25 heavy (non-hydrogen) atoms. The van der Waals surface area contributed by atoms with Gasteiger partial charge in [0.25, 0.3) is 5.69 Å². The van der Waals surface area contributed by atoms with Crippen molar-refractivity contribution in [3.8, 4) is 5.75 Å². The highest BCUT2D eigenvalue weighted by molar-refractivity contribution is 5.48. The summed E-state index contributed by atoms with van der Waals surface area (Å²) in [7, 11) is 0. The minimum absolute atomic E-state index is 0.0595. The Morgan fingerprint density at radius 2 is 1.84 bits per heavy atom. The average Bonchev–Trinajstić information content (AvgIpc) is 2.62. The Bertz CT molecular complexity index is 727. The van der Waals surface area contributed by atoms with Crippen LogP contribution in [0.15, 0.2) is 48.5 Å². The molecule has 1 fully saturated rings. The van der Waals surface area contributed by atoms with Crippen molar-refractivity contribution in [3.63, 3.8) is 0 Å². The van der Waals surface area contributed by atoms with E-state index in [0.29, 0.717) is 12.4 Å². The van der Waals surface area contributed by atoms with E-state index >= 15 is 0 Å². The van der Waals surface area contributed by atoms with Crippen molar-refractivity contribution in [1.29, 1.82) is 0 Å². The number of anilines is 1. The van der Waals surface area contributed by atoms with Gasteiger partial charge in [-0.2, -0.15) is 0 Å². The van der Waals surface area contributed by atoms with E-state index in [2.05, 4.69) is 41.0 Å². The van der Waals surface area contributed by atoms with Gasteiger partial charge < -0.3 is 9.64 Å². The van der Waals surface area contributed by atoms with Gasteiger partial charge in [0.2, 0.25) is 0 Å². The van der Waals surface area contributed by atoms with Crippen molar-refractivity contribution < 1.29 is 9.66 Å². The third kappa shape index (κ3) is 4.70. The Morgan fingerprint density at radius 3 is 2.56 bits per heavy atom. The van der Waals surface area contributed by atoms with Gasteiger partial charge in [-0.3, -0.25) is 15.0 Å². The molecule has 3 rings (SSSR count). The topological polar surface area (TPSA) is 58.8 Å². The molecule has 0 unspecified atom stereocenters. The van der Waals surface area contributed by atoms with Gasteiger partial charge in [0, 0.05) is 44.5 Å². The lowest BCUT2D eigenvalue weighted by Gasteiger charge is -2.36. The van der Waals surface area contributed by atoms with Gasteiger partial charge in [-0.25, -0.2) is 0 Å². The van der Waals surface area contributed by atoms with E-state index in [1.54, 1.807) is 12.1 Å². The van der Waals surface area contributed by atoms with Crippen molar-refractivity contribution in [1.82, 2.24) is 4.90 Å². The first-order valence-electron chi connectivity index (χ1n) is 8.53. The van der Waals surface area contributed by atoms with Crippen LogP contribution in [0.1, 0.15) is 5.56 Å². The smallest absolute Gasteiger partial charge is 0.273 e. The molecule has 0 bridgehead atoms. The third-order valence-corrected chi connectivity index (χ3v) is 4.44. The minimum atomic E-state index is -0.405. The fraction of sp³-hybridized carbons (Fsp3) is 0.368. The highest BCUT2D eigenvalue weighted by atomic mass is 16.6. The molecule has 0 atom stereocenters. The molecule has 0 aliphatic carbocycles. The molecule has 2 aromatic carbocycles. The Labute approximate surface area is 147 Å². The van der Waals surface area contributed by atoms with Gasteiger partial charge in [0.05, 0.1) is 11.0 Å². The summed E-state index contributed by atoms with van der Waals surface area (Å²) in [6, 6.07) is 14.9. The van der Waals surface area contributed by atoms with Crippen molar-refractivity contribution in [2.24, 2.45) is 0 Å². The van der Waals surface area contributed by atoms with Gasteiger partial charge in [0.1, 0.15) is 12.4 Å². The number of nitro groups is 1. The number of nitro benzene ring substituents is 1. The second-order valence-corrected chi connectivity index (χ2v) is 6.27. The summed E-state index contributed by atoms with van der Waals surface area (Å²) in [5.41, 5.74) is 2.63. The molecule has 1 heterocycles. The zero-order valence-electron chi connectivity index (χ0n) is 14.4. The Balaban J connectivity index is 1.44. The highest BCUT2D eigenvalue weighted by Gasteiger charge is 2.17. The first-order chi connectivity index (χ1) is 12.1. The van der Waals surface area contributed by atoms with Crippen LogP contribution in [0.25, 0.3) is 0 Å². The SMILES string of the molecule is Cc1cccc(N2CCN(CCOc3cccc([N+](=O)[O-])c3)CC2)c1. The molecule has 0 saturated carbocycles. The summed E-state index contributed by atoms with van der Waals surface area (Å²) in [6.07, 6.45) is 0. The van der Waals surface area contributed by atoms with E-state index in [9.17, 15) is 10.1 Å². The van der Waals surface area contributed by atoms with Crippen LogP contribution in [0, 0.1) is 17.0 Å². The summed E-state index contributed by atoms with van der Waals surface area (Å²) < 4.78 is 5.67. The maximum atomic E-state index is 10.8. The van der Waals surface area contributed by atoms with Gasteiger partial charge in [-0.15, -0.1) is 0 Å². The molecule has 0 amide bonds. The number of hydrogen-bond acceptors (Lipinski definition) is 5. The van der Waals surface area contributed by atoms with Crippen LogP contribution in [0.5, 0.6) is 5.75 Å². The normalized spacial score (nSPS) is 15.2. The lowest BCUT2D eigenvalue weighted by atomic mass is 10.2. The summed E-state index contributed by atoms with van der Waals surface area (Å²) in [5, 5.41) is 10.8. The number of hydrogen-bond donors (Lipinski definition) is 0. The molecular formula is C19H23N3O3. The largest absolute Gasteiger partial charge is 0.492 e. The monoisotopic (exact) mass is 341 g/mol. The predicted octanol–water partition coefficient (Wildman–Crippen LogP) is 3.10. The van der Waals surface area contributed by atoms with E-state index in [1.165, 1.54) is 23.4 Å². The van der Waals surface area contributed by atoms with Crippen LogP contribution in [0.2, 0.25) is 0 Å². The molecule has 132 valence electrons. The van der Waals surface area contributed by atoms with Crippen LogP contribution >= 0.6 is 0 Å². The van der Waals surface area contributed by atoms with Crippen LogP contribution in [-0.4, -0.2) is 49.2 Å². The second-order valence-electron chi connectivity index (χ2n) is 6.27. The lowest BCUT2D eigenvalue weighted by molar-refractivity contribution is -0.384. The number of nitrogens with zero attached hydrogens (tertiary/aromatic N) is 3. The molecular weight excluding hydrogens is 318 g/mol. The molecule has 0 N–H and O–H groups in total. The average molecular weight is 341 g/mol. The number of rotatable bonds is 6. The molecule has 1 aliphatic heterocycles. The molecule has 6 heteroatoms. The number of ether oxygens (including phenoxy) is 1. The van der Waals surface area contributed by atoms with E-state index < -0.39 is 4.92 Å². The van der Waals surface area contributed by atoms with Crippen LogP contribution in [0.4, 0.5) is 11.4 Å². The molecule has 2 aromatic rings. The zero-order chi connectivity index (χ0) is 17.6. The van der Waals surface area contributed by atoms with Crippen molar-refractivity contribution >= 4 is 11.4 Å². The van der Waals surface area contributed by atoms with Gasteiger partial charge in [-0.1, -0.05) is 18.2 Å². The number of piperazine rings is 1. The standard InChI is InChI=1S/C19H23N3O3/c1-16-4-2-5-17(14-16)21-10-8-20(9-11-21)12-13-25-19-7-3-6-18(15-19)22(23)24/h2-7,14-15H,8-13H2,1H3. The van der Waals surface area contributed by atoms with Gasteiger partial charge in [-0.05, 0) is 30.7 Å². The van der Waals surface area contributed by atoms with Crippen LogP contribution in [0.3, 0.4) is 0 Å². The second kappa shape index (κ2) is 7.98. The molecule has 0 radical (unpaired) electrons. The molecule has 1 saturated heterocycles. The van der Waals surface area contributed by atoms with E-state index in [-0.39, 0.29) is 5.69 Å². The van der Waals surface area contributed by atoms with Crippen molar-refractivity contribution in [3.05, 3.63) is 64.2 Å². The first-order valence-corrected chi connectivity index (χ1v) is 8.53. The first kappa shape index (κ1) is 17.2. The molecule has 6 nitrogen and oxygen atoms in total. The Morgan fingerprint density at radius 1 is 1.08 bits per heavy atom. The van der Waals surface area contributed by atoms with Crippen molar-refractivity contribution in [2.75, 3.05) is 44.2 Å². The molecule has 0 aromatic heterocycles. The number of non-ortho nitro benzene ring substituents is 1. The number of aryl methyl sites for hydroxylation is 1. The summed E-state index contributed by atoms with van der Waals surface area (Å²) >= 11 is 0. The maximum absolute atomic E-state index is 10.8. The Hall–Kier alpha value is -2.60. The summed E-state index contributed by atoms with van der Waals surface area (Å²) in [5.74, 6) is 0.549. The summed E-state index contributed by atoms with van der Waals surface area (Å²) in [4.78, 5) is 15.1. The number of benzene rings is 2. The highest BCUT2D eigenvalue weighted by Crippen LogP contribution is 2.20. The van der Waals surface area contributed by atoms with E-state index in [4.69, 9.17) is 4.74 Å². The summed E-state index contributed by atoms with van der Waals surface area (Å²) in [6.45, 7) is 7.46. The fourth-order valence-corrected chi connectivity index (χ4v) is 3.03. The molecule has 0 spiro atoms. The lowest BCUT2D eigenvalue weighted by Crippen LogP contribution is -2.47. The fourth-order valence-electron chi connectivity index (χ4n) is 3.03.